The van der Waals surface area contributed by atoms with E-state index < -0.39 is 18.2 Å². The number of aromatic nitrogens is 4. The summed E-state index contributed by atoms with van der Waals surface area (Å²) in [4.78, 5) is 26.5. The van der Waals surface area contributed by atoms with Gasteiger partial charge in [-0.25, -0.2) is 19.3 Å². The quantitative estimate of drug-likeness (QED) is 0.741. The van der Waals surface area contributed by atoms with Crippen molar-refractivity contribution in [2.45, 2.75) is 13.5 Å². The third-order valence-electron chi connectivity index (χ3n) is 3.60. The van der Waals surface area contributed by atoms with Gasteiger partial charge in [0.2, 0.25) is 0 Å². The Hall–Kier alpha value is -3.49. The van der Waals surface area contributed by atoms with Gasteiger partial charge in [0.25, 0.3) is 5.56 Å². The van der Waals surface area contributed by atoms with Gasteiger partial charge in [-0.05, 0) is 30.7 Å². The number of hydrogen-bond donors (Lipinski definition) is 1. The second-order valence-corrected chi connectivity index (χ2v) is 5.51. The molecule has 0 aliphatic heterocycles. The summed E-state index contributed by atoms with van der Waals surface area (Å²) in [6.45, 7) is 2.38. The Bertz CT molecular complexity index is 1070. The fourth-order valence-corrected chi connectivity index (χ4v) is 2.40. The molecule has 3 aromatic rings. The number of nitrogens with one attached hydrogen (secondary N) is 1. The highest BCUT2D eigenvalue weighted by Crippen LogP contribution is 2.27. The number of halogens is 3. The molecule has 0 saturated carbocycles. The number of hydrogen-bond acceptors (Lipinski definition) is 5. The van der Waals surface area contributed by atoms with E-state index in [1.807, 2.05) is 0 Å². The lowest BCUT2D eigenvalue weighted by Gasteiger charge is -2.10. The van der Waals surface area contributed by atoms with Crippen LogP contribution in [-0.2, 0) is 0 Å². The first-order chi connectivity index (χ1) is 12.8. The first-order valence-corrected chi connectivity index (χ1v) is 7.68. The molecule has 0 unspecified atom stereocenters. The Morgan fingerprint density at radius 1 is 1.19 bits per heavy atom. The van der Waals surface area contributed by atoms with Crippen LogP contribution in [0.25, 0.3) is 17.0 Å². The van der Waals surface area contributed by atoms with Gasteiger partial charge in [-0.15, -0.1) is 0 Å². The maximum absolute atomic E-state index is 13.9. The van der Waals surface area contributed by atoms with Crippen molar-refractivity contribution in [1.29, 1.82) is 0 Å². The van der Waals surface area contributed by atoms with E-state index in [4.69, 9.17) is 0 Å². The van der Waals surface area contributed by atoms with E-state index in [-0.39, 0.29) is 5.56 Å². The third kappa shape index (κ3) is 4.20. The van der Waals surface area contributed by atoms with E-state index in [1.54, 1.807) is 13.0 Å². The number of aryl methyl sites for hydroxylation is 1. The van der Waals surface area contributed by atoms with Crippen LogP contribution in [0, 0.1) is 12.7 Å². The lowest BCUT2D eigenvalue weighted by Crippen LogP contribution is -2.09. The highest BCUT2D eigenvalue weighted by Gasteiger charge is 2.14. The summed E-state index contributed by atoms with van der Waals surface area (Å²) in [6, 6.07) is 6.34. The minimum absolute atomic E-state index is 0.326. The predicted octanol–water partition coefficient (Wildman–Crippen LogP) is 3.34. The monoisotopic (exact) mass is 374 g/mol. The number of benzene rings is 1. The van der Waals surface area contributed by atoms with Gasteiger partial charge in [-0.1, -0.05) is 12.6 Å². The van der Waals surface area contributed by atoms with Gasteiger partial charge in [0, 0.05) is 11.6 Å². The smallest absolute Gasteiger partial charge is 0.387 e. The lowest BCUT2D eigenvalue weighted by atomic mass is 10.0. The van der Waals surface area contributed by atoms with Gasteiger partial charge in [0.15, 0.2) is 11.6 Å². The Morgan fingerprint density at radius 2 is 1.96 bits per heavy atom. The lowest BCUT2D eigenvalue weighted by molar-refractivity contribution is -0.0521. The van der Waals surface area contributed by atoms with Crippen LogP contribution in [0.3, 0.4) is 0 Å². The van der Waals surface area contributed by atoms with Crippen LogP contribution in [0.4, 0.5) is 13.2 Å². The summed E-state index contributed by atoms with van der Waals surface area (Å²) >= 11 is 0. The molecule has 6 nitrogen and oxygen atoms in total. The molecule has 2 aromatic heterocycles. The molecule has 3 rings (SSSR count). The zero-order valence-corrected chi connectivity index (χ0v) is 14.0. The largest absolute Gasteiger partial charge is 0.432 e. The molecule has 0 spiro atoms. The van der Waals surface area contributed by atoms with E-state index in [1.165, 1.54) is 18.5 Å². The molecular formula is C18H13F3N4O2. The van der Waals surface area contributed by atoms with Gasteiger partial charge < -0.3 is 9.72 Å². The molecule has 0 fully saturated rings. The highest BCUT2D eigenvalue weighted by atomic mass is 19.3. The van der Waals surface area contributed by atoms with Crippen molar-refractivity contribution in [3.05, 3.63) is 76.5 Å². The summed E-state index contributed by atoms with van der Waals surface area (Å²) in [5, 5.41) is 0. The van der Waals surface area contributed by atoms with E-state index >= 15 is 0 Å². The number of H-pyrrole nitrogens is 1. The highest BCUT2D eigenvalue weighted by molar-refractivity contribution is 5.77. The number of ether oxygens (including phenoxy) is 1. The van der Waals surface area contributed by atoms with E-state index in [9.17, 15) is 18.0 Å². The van der Waals surface area contributed by atoms with E-state index in [0.717, 1.165) is 12.1 Å². The fraction of sp³-hybridized carbons (Fsp3) is 0.111. The molecule has 0 aliphatic carbocycles. The van der Waals surface area contributed by atoms with Crippen molar-refractivity contribution in [2.75, 3.05) is 0 Å². The molecule has 0 bridgehead atoms. The third-order valence-corrected chi connectivity index (χ3v) is 3.60. The van der Waals surface area contributed by atoms with Gasteiger partial charge >= 0.3 is 6.61 Å². The Balaban J connectivity index is 1.94. The Kier molecular flexibility index (Phi) is 5.02. The van der Waals surface area contributed by atoms with E-state index in [0.29, 0.717) is 34.0 Å². The maximum atomic E-state index is 13.9. The molecule has 1 aromatic carbocycles. The van der Waals surface area contributed by atoms with E-state index in [2.05, 4.69) is 31.3 Å². The number of rotatable bonds is 5. The van der Waals surface area contributed by atoms with Gasteiger partial charge in [0.05, 0.1) is 17.1 Å². The van der Waals surface area contributed by atoms with Crippen molar-refractivity contribution in [1.82, 2.24) is 19.9 Å². The first kappa shape index (κ1) is 18.3. The molecule has 2 heterocycles. The van der Waals surface area contributed by atoms with Gasteiger partial charge in [-0.3, -0.25) is 4.79 Å². The average Bonchev–Trinajstić information content (AvgIpc) is 2.62. The molecule has 138 valence electrons. The van der Waals surface area contributed by atoms with Crippen molar-refractivity contribution >= 4 is 5.57 Å². The zero-order valence-electron chi connectivity index (χ0n) is 14.0. The van der Waals surface area contributed by atoms with Crippen LogP contribution in [-0.4, -0.2) is 26.5 Å². The molecule has 1 N–H and O–H groups in total. The predicted molar refractivity (Wildman–Crippen MR) is 91.8 cm³/mol. The van der Waals surface area contributed by atoms with Crippen molar-refractivity contribution in [2.24, 2.45) is 0 Å². The molecule has 0 amide bonds. The molecule has 0 aliphatic rings. The Labute approximate surface area is 151 Å². The topological polar surface area (TPSA) is 80.8 Å². The van der Waals surface area contributed by atoms with Crippen LogP contribution in [0.15, 0.2) is 48.0 Å². The molecule has 0 radical (unpaired) electrons. The summed E-state index contributed by atoms with van der Waals surface area (Å²) < 4.78 is 42.5. The minimum atomic E-state index is -3.12. The second kappa shape index (κ2) is 7.40. The minimum Gasteiger partial charge on any atom is -0.432 e. The standard InChI is InChI=1S/C18H13F3N4O2/c1-9(11-3-4-16(12(19)5-11)27-18(20)21)13-6-14(23-8-22-13)15-7-17(26)25-10(2)24-15/h3-8,18H,1H2,2H3,(H,24,25,26). The average molecular weight is 374 g/mol. The maximum Gasteiger partial charge on any atom is 0.387 e. The molecule has 0 saturated heterocycles. The van der Waals surface area contributed by atoms with Crippen LogP contribution >= 0.6 is 0 Å². The number of aromatic amines is 1. The van der Waals surface area contributed by atoms with Crippen molar-refractivity contribution in [3.63, 3.8) is 0 Å². The molecule has 9 heteroatoms. The van der Waals surface area contributed by atoms with Crippen molar-refractivity contribution in [3.8, 4) is 17.1 Å². The van der Waals surface area contributed by atoms with Crippen LogP contribution in [0.1, 0.15) is 17.1 Å². The van der Waals surface area contributed by atoms with Crippen LogP contribution in [0.5, 0.6) is 5.75 Å². The summed E-state index contributed by atoms with van der Waals surface area (Å²) in [7, 11) is 0. The summed E-state index contributed by atoms with van der Waals surface area (Å²) in [6.07, 6.45) is 1.26. The van der Waals surface area contributed by atoms with Gasteiger partial charge in [-0.2, -0.15) is 8.78 Å². The molecule has 27 heavy (non-hydrogen) atoms. The zero-order chi connectivity index (χ0) is 19.6. The molecule has 0 atom stereocenters. The van der Waals surface area contributed by atoms with Crippen molar-refractivity contribution < 1.29 is 17.9 Å². The fourth-order valence-electron chi connectivity index (χ4n) is 2.40. The normalized spacial score (nSPS) is 10.9. The van der Waals surface area contributed by atoms with Gasteiger partial charge in [0.1, 0.15) is 12.2 Å². The van der Waals surface area contributed by atoms with Crippen LogP contribution in [0.2, 0.25) is 0 Å². The number of nitrogens with zero attached hydrogens (tertiary/aromatic N) is 3. The second-order valence-electron chi connectivity index (χ2n) is 5.51. The Morgan fingerprint density at radius 3 is 2.63 bits per heavy atom. The molecular weight excluding hydrogens is 361 g/mol. The summed E-state index contributed by atoms with van der Waals surface area (Å²) in [5.41, 5.74) is 1.43. The first-order valence-electron chi connectivity index (χ1n) is 7.68. The summed E-state index contributed by atoms with van der Waals surface area (Å²) in [5.74, 6) is -1.09. The SMILES string of the molecule is C=C(c1ccc(OC(F)F)c(F)c1)c1cc(-c2cc(=O)[nH]c(C)n2)ncn1. The van der Waals surface area contributed by atoms with Crippen LogP contribution < -0.4 is 10.3 Å². The number of alkyl halides is 2.